The van der Waals surface area contributed by atoms with Crippen molar-refractivity contribution in [2.45, 2.75) is 38.6 Å². The molecule has 5 heteroatoms. The molecule has 0 unspecified atom stereocenters. The van der Waals surface area contributed by atoms with Crippen LogP contribution in [0.25, 0.3) is 0 Å². The van der Waals surface area contributed by atoms with Gasteiger partial charge >= 0.3 is 0 Å². The van der Waals surface area contributed by atoms with Gasteiger partial charge in [-0.2, -0.15) is 0 Å². The van der Waals surface area contributed by atoms with Crippen LogP contribution in [0.15, 0.2) is 18.7 Å². The molecule has 5 nitrogen and oxygen atoms in total. The van der Waals surface area contributed by atoms with E-state index in [0.29, 0.717) is 0 Å². The van der Waals surface area contributed by atoms with Gasteiger partial charge in [0.05, 0.1) is 6.33 Å². The van der Waals surface area contributed by atoms with E-state index in [1.165, 1.54) is 0 Å². The number of aromatic nitrogens is 2. The number of nitrogens with zero attached hydrogens (tertiary/aromatic N) is 3. The number of hydrogen-bond acceptors (Lipinski definition) is 4. The molecule has 1 aromatic heterocycles. The van der Waals surface area contributed by atoms with Crippen molar-refractivity contribution in [3.63, 3.8) is 0 Å². The highest BCUT2D eigenvalue weighted by atomic mass is 16.3. The first-order valence-electron chi connectivity index (χ1n) is 7.68. The maximum absolute atomic E-state index is 9.22. The Hall–Kier alpha value is -0.910. The van der Waals surface area contributed by atoms with Gasteiger partial charge in [0.25, 0.3) is 0 Å². The highest BCUT2D eigenvalue weighted by Gasteiger charge is 2.33. The summed E-state index contributed by atoms with van der Waals surface area (Å²) < 4.78 is 2.12. The first kappa shape index (κ1) is 15.5. The average molecular weight is 281 g/mol. The number of piperidine rings is 1. The molecule has 0 atom stereocenters. The van der Waals surface area contributed by atoms with Crippen LogP contribution in [0.4, 0.5) is 0 Å². The zero-order chi connectivity index (χ0) is 14.3. The van der Waals surface area contributed by atoms with Gasteiger partial charge in [0.1, 0.15) is 0 Å². The summed E-state index contributed by atoms with van der Waals surface area (Å²) in [5.41, 5.74) is 0.171. The van der Waals surface area contributed by atoms with Crippen LogP contribution in [0.1, 0.15) is 32.1 Å². The molecule has 0 amide bonds. The number of aliphatic hydroxyl groups excluding tert-OH is 2. The third kappa shape index (κ3) is 4.30. The van der Waals surface area contributed by atoms with Crippen molar-refractivity contribution in [3.8, 4) is 0 Å². The smallest absolute Gasteiger partial charge is 0.0945 e. The third-order valence-corrected chi connectivity index (χ3v) is 4.65. The molecular weight excluding hydrogens is 254 g/mol. The lowest BCUT2D eigenvalue weighted by atomic mass is 9.73. The summed E-state index contributed by atoms with van der Waals surface area (Å²) in [6.45, 7) is 4.79. The molecule has 0 radical (unpaired) electrons. The van der Waals surface area contributed by atoms with Gasteiger partial charge in [-0.3, -0.25) is 0 Å². The maximum Gasteiger partial charge on any atom is 0.0945 e. The topological polar surface area (TPSA) is 61.5 Å². The minimum absolute atomic E-state index is 0.171. The fourth-order valence-electron chi connectivity index (χ4n) is 3.25. The molecule has 114 valence electrons. The Bertz CT molecular complexity index is 351. The van der Waals surface area contributed by atoms with E-state index in [1.54, 1.807) is 0 Å². The van der Waals surface area contributed by atoms with Gasteiger partial charge in [-0.1, -0.05) is 0 Å². The number of rotatable bonds is 8. The van der Waals surface area contributed by atoms with Crippen molar-refractivity contribution >= 4 is 0 Å². The number of hydrogen-bond donors (Lipinski definition) is 2. The van der Waals surface area contributed by atoms with Crippen LogP contribution in [0.5, 0.6) is 0 Å². The van der Waals surface area contributed by atoms with Crippen molar-refractivity contribution in [2.24, 2.45) is 5.41 Å². The molecule has 20 heavy (non-hydrogen) atoms. The molecule has 0 bridgehead atoms. The normalized spacial score (nSPS) is 19.3. The molecule has 0 spiro atoms. The molecule has 1 fully saturated rings. The molecule has 0 saturated carbocycles. The fraction of sp³-hybridized carbons (Fsp3) is 0.800. The Morgan fingerprint density at radius 2 is 1.75 bits per heavy atom. The Balaban J connectivity index is 1.70. The highest BCUT2D eigenvalue weighted by molar-refractivity contribution is 4.86. The van der Waals surface area contributed by atoms with Gasteiger partial charge in [-0.05, 0) is 57.2 Å². The van der Waals surface area contributed by atoms with Crippen LogP contribution in [-0.4, -0.2) is 57.5 Å². The van der Waals surface area contributed by atoms with E-state index >= 15 is 0 Å². The van der Waals surface area contributed by atoms with Crippen molar-refractivity contribution < 1.29 is 10.2 Å². The summed E-state index contributed by atoms with van der Waals surface area (Å²) in [5.74, 6) is 0. The molecule has 1 aliphatic heterocycles. The molecule has 2 heterocycles. The van der Waals surface area contributed by atoms with E-state index in [2.05, 4.69) is 14.5 Å². The largest absolute Gasteiger partial charge is 0.396 e. The van der Waals surface area contributed by atoms with Gasteiger partial charge < -0.3 is 19.7 Å². The summed E-state index contributed by atoms with van der Waals surface area (Å²) in [7, 11) is 0. The van der Waals surface area contributed by atoms with Crippen LogP contribution in [0.3, 0.4) is 0 Å². The second-order valence-corrected chi connectivity index (χ2v) is 5.94. The zero-order valence-electron chi connectivity index (χ0n) is 12.2. The molecule has 1 aromatic rings. The number of likely N-dealkylation sites (tertiary alicyclic amines) is 1. The van der Waals surface area contributed by atoms with E-state index in [4.69, 9.17) is 0 Å². The Morgan fingerprint density at radius 3 is 2.30 bits per heavy atom. The standard InChI is InChI=1S/C15H27N3O2/c19-12-4-15(5-13-20)2-9-17(10-3-15)7-1-8-18-11-6-16-14-18/h6,11,14,19-20H,1-5,7-10,12-13H2. The fourth-order valence-corrected chi connectivity index (χ4v) is 3.25. The Labute approximate surface area is 121 Å². The average Bonchev–Trinajstić information content (AvgIpc) is 2.95. The quantitative estimate of drug-likeness (QED) is 0.749. The van der Waals surface area contributed by atoms with Crippen LogP contribution in [0.2, 0.25) is 0 Å². The third-order valence-electron chi connectivity index (χ3n) is 4.65. The first-order chi connectivity index (χ1) is 9.78. The molecule has 1 saturated heterocycles. The summed E-state index contributed by atoms with van der Waals surface area (Å²) >= 11 is 0. The molecule has 2 rings (SSSR count). The minimum atomic E-state index is 0.171. The van der Waals surface area contributed by atoms with E-state index in [9.17, 15) is 10.2 Å². The number of aryl methyl sites for hydroxylation is 1. The lowest BCUT2D eigenvalue weighted by Gasteiger charge is -2.41. The van der Waals surface area contributed by atoms with Gasteiger partial charge in [0.2, 0.25) is 0 Å². The summed E-state index contributed by atoms with van der Waals surface area (Å²) in [6, 6.07) is 0. The lowest BCUT2D eigenvalue weighted by Crippen LogP contribution is -2.41. The van der Waals surface area contributed by atoms with E-state index in [-0.39, 0.29) is 18.6 Å². The first-order valence-corrected chi connectivity index (χ1v) is 7.68. The van der Waals surface area contributed by atoms with Gasteiger partial charge in [0, 0.05) is 32.2 Å². The van der Waals surface area contributed by atoms with Gasteiger partial charge in [-0.25, -0.2) is 4.98 Å². The molecule has 1 aliphatic rings. The molecule has 0 aliphatic carbocycles. The van der Waals surface area contributed by atoms with Crippen LogP contribution >= 0.6 is 0 Å². The van der Waals surface area contributed by atoms with Crippen molar-refractivity contribution in [3.05, 3.63) is 18.7 Å². The van der Waals surface area contributed by atoms with Crippen molar-refractivity contribution in [1.29, 1.82) is 0 Å². The predicted molar refractivity (Wildman–Crippen MR) is 78.4 cm³/mol. The minimum Gasteiger partial charge on any atom is -0.396 e. The van der Waals surface area contributed by atoms with Crippen LogP contribution < -0.4 is 0 Å². The van der Waals surface area contributed by atoms with E-state index in [0.717, 1.165) is 58.3 Å². The number of aliphatic hydroxyl groups is 2. The molecule has 2 N–H and O–H groups in total. The van der Waals surface area contributed by atoms with Gasteiger partial charge in [-0.15, -0.1) is 0 Å². The van der Waals surface area contributed by atoms with E-state index < -0.39 is 0 Å². The van der Waals surface area contributed by atoms with Crippen molar-refractivity contribution in [2.75, 3.05) is 32.8 Å². The summed E-state index contributed by atoms with van der Waals surface area (Å²) in [4.78, 5) is 6.55. The van der Waals surface area contributed by atoms with Gasteiger partial charge in [0.15, 0.2) is 0 Å². The summed E-state index contributed by atoms with van der Waals surface area (Å²) in [5, 5.41) is 18.4. The Kier molecular flexibility index (Phi) is 6.01. The van der Waals surface area contributed by atoms with Crippen molar-refractivity contribution in [1.82, 2.24) is 14.5 Å². The van der Waals surface area contributed by atoms with Crippen LogP contribution in [-0.2, 0) is 6.54 Å². The van der Waals surface area contributed by atoms with E-state index in [1.807, 2.05) is 18.7 Å². The monoisotopic (exact) mass is 281 g/mol. The second-order valence-electron chi connectivity index (χ2n) is 5.94. The molecular formula is C15H27N3O2. The maximum atomic E-state index is 9.22. The molecule has 0 aromatic carbocycles. The second kappa shape index (κ2) is 7.76. The van der Waals surface area contributed by atoms with Crippen LogP contribution in [0, 0.1) is 5.41 Å². The zero-order valence-corrected chi connectivity index (χ0v) is 12.2. The lowest BCUT2D eigenvalue weighted by molar-refractivity contribution is 0.0518. The Morgan fingerprint density at radius 1 is 1.05 bits per heavy atom. The predicted octanol–water partition coefficient (Wildman–Crippen LogP) is 1.12. The number of imidazole rings is 1. The summed E-state index contributed by atoms with van der Waals surface area (Å²) in [6.07, 6.45) is 10.7. The SMILES string of the molecule is OCCC1(CCO)CCN(CCCn2ccnc2)CC1. The highest BCUT2D eigenvalue weighted by Crippen LogP contribution is 2.37.